The van der Waals surface area contributed by atoms with Gasteiger partial charge < -0.3 is 10.6 Å². The maximum atomic E-state index is 12.7. The highest BCUT2D eigenvalue weighted by molar-refractivity contribution is 8.00. The highest BCUT2D eigenvalue weighted by Gasteiger charge is 2.19. The maximum absolute atomic E-state index is 12.7. The number of nitro groups is 1. The third-order valence-electron chi connectivity index (χ3n) is 4.51. The van der Waals surface area contributed by atoms with Crippen molar-refractivity contribution in [3.05, 3.63) is 93.5 Å². The number of amides is 2. The molecule has 2 N–H and O–H groups in total. The van der Waals surface area contributed by atoms with Crippen LogP contribution in [0.1, 0.15) is 23.7 Å². The molecule has 3 aromatic carbocycles. The summed E-state index contributed by atoms with van der Waals surface area (Å²) in [6, 6.07) is 19.6. The van der Waals surface area contributed by atoms with Crippen molar-refractivity contribution in [1.29, 1.82) is 0 Å². The molecule has 1 atom stereocenters. The molecular weight excluding hydrogens is 450 g/mol. The topological polar surface area (TPSA) is 101 Å². The SMILES string of the molecule is CCC(Sc1cccc(NC(=O)c2ccc([N+](=O)[O-])cc2)c1)C(=O)Nc1ccccc1Cl. The van der Waals surface area contributed by atoms with Gasteiger partial charge in [-0.1, -0.05) is 36.7 Å². The first-order valence-corrected chi connectivity index (χ1v) is 11.0. The van der Waals surface area contributed by atoms with Gasteiger partial charge in [0.15, 0.2) is 0 Å². The third-order valence-corrected chi connectivity index (χ3v) is 6.19. The van der Waals surface area contributed by atoms with Crippen molar-refractivity contribution < 1.29 is 14.5 Å². The summed E-state index contributed by atoms with van der Waals surface area (Å²) in [7, 11) is 0. The van der Waals surface area contributed by atoms with Crippen LogP contribution in [-0.2, 0) is 4.79 Å². The normalized spacial score (nSPS) is 11.4. The molecule has 7 nitrogen and oxygen atoms in total. The van der Waals surface area contributed by atoms with Crippen LogP contribution in [0.5, 0.6) is 0 Å². The molecule has 0 aliphatic rings. The molecule has 0 radical (unpaired) electrons. The molecular formula is C23H20ClN3O4S. The van der Waals surface area contributed by atoms with Gasteiger partial charge in [0.05, 0.1) is 20.9 Å². The summed E-state index contributed by atoms with van der Waals surface area (Å²) in [5, 5.41) is 16.5. The number of carbonyl (C=O) groups is 2. The van der Waals surface area contributed by atoms with Gasteiger partial charge in [-0.3, -0.25) is 19.7 Å². The van der Waals surface area contributed by atoms with E-state index in [9.17, 15) is 19.7 Å². The van der Waals surface area contributed by atoms with Crippen LogP contribution < -0.4 is 10.6 Å². The summed E-state index contributed by atoms with van der Waals surface area (Å²) in [5.41, 5.74) is 1.34. The quantitative estimate of drug-likeness (QED) is 0.239. The number of nitrogens with one attached hydrogen (secondary N) is 2. The number of nitro benzene ring substituents is 1. The van der Waals surface area contributed by atoms with E-state index >= 15 is 0 Å². The number of para-hydroxylation sites is 1. The molecule has 0 aliphatic heterocycles. The number of rotatable bonds is 8. The standard InChI is InChI=1S/C23H20ClN3O4S/c1-2-21(23(29)26-20-9-4-3-8-19(20)24)32-18-7-5-6-16(14-18)25-22(28)15-10-12-17(13-11-15)27(30)31/h3-14,21H,2H2,1H3,(H,25,28)(H,26,29). The van der Waals surface area contributed by atoms with E-state index < -0.39 is 4.92 Å². The average molecular weight is 470 g/mol. The van der Waals surface area contributed by atoms with Crippen molar-refractivity contribution in [3.63, 3.8) is 0 Å². The minimum Gasteiger partial charge on any atom is -0.324 e. The van der Waals surface area contributed by atoms with Gasteiger partial charge in [0.25, 0.3) is 11.6 Å². The van der Waals surface area contributed by atoms with Crippen LogP contribution in [0.2, 0.25) is 5.02 Å². The Morgan fingerprint density at radius 2 is 1.75 bits per heavy atom. The summed E-state index contributed by atoms with van der Waals surface area (Å²) in [5.74, 6) is -0.545. The lowest BCUT2D eigenvalue weighted by Crippen LogP contribution is -2.24. The van der Waals surface area contributed by atoms with Crippen molar-refractivity contribution in [2.24, 2.45) is 0 Å². The zero-order chi connectivity index (χ0) is 23.1. The molecule has 3 rings (SSSR count). The Bertz CT molecular complexity index is 1140. The van der Waals surface area contributed by atoms with Gasteiger partial charge in [-0.15, -0.1) is 11.8 Å². The highest BCUT2D eigenvalue weighted by Crippen LogP contribution is 2.30. The van der Waals surface area contributed by atoms with Crippen molar-refractivity contribution >= 4 is 52.2 Å². The van der Waals surface area contributed by atoms with Crippen LogP contribution in [-0.4, -0.2) is 22.0 Å². The number of thioether (sulfide) groups is 1. The maximum Gasteiger partial charge on any atom is 0.269 e. The first kappa shape index (κ1) is 23.3. The number of halogens is 1. The number of hydrogen-bond acceptors (Lipinski definition) is 5. The second-order valence-corrected chi connectivity index (χ2v) is 8.45. The second-order valence-electron chi connectivity index (χ2n) is 6.77. The molecule has 0 aromatic heterocycles. The predicted molar refractivity (Wildman–Crippen MR) is 128 cm³/mol. The molecule has 0 spiro atoms. The van der Waals surface area contributed by atoms with E-state index in [1.807, 2.05) is 13.0 Å². The number of nitrogens with zero attached hydrogens (tertiary/aromatic N) is 1. The first-order valence-electron chi connectivity index (χ1n) is 9.75. The minimum atomic E-state index is -0.519. The van der Waals surface area contributed by atoms with E-state index in [2.05, 4.69) is 10.6 Å². The van der Waals surface area contributed by atoms with E-state index in [0.717, 1.165) is 4.90 Å². The van der Waals surface area contributed by atoms with E-state index in [0.29, 0.717) is 28.4 Å². The Labute approximate surface area is 194 Å². The Kier molecular flexibility index (Phi) is 7.86. The van der Waals surface area contributed by atoms with Gasteiger partial charge in [0.2, 0.25) is 5.91 Å². The van der Waals surface area contributed by atoms with Crippen LogP contribution in [0.15, 0.2) is 77.7 Å². The lowest BCUT2D eigenvalue weighted by molar-refractivity contribution is -0.384. The molecule has 9 heteroatoms. The molecule has 0 saturated carbocycles. The summed E-state index contributed by atoms with van der Waals surface area (Å²) >= 11 is 7.51. The number of non-ortho nitro benzene ring substituents is 1. The van der Waals surface area contributed by atoms with Crippen LogP contribution in [0.4, 0.5) is 17.1 Å². The van der Waals surface area contributed by atoms with Crippen LogP contribution in [0.25, 0.3) is 0 Å². The van der Waals surface area contributed by atoms with Crippen LogP contribution in [0, 0.1) is 10.1 Å². The largest absolute Gasteiger partial charge is 0.324 e. The lowest BCUT2D eigenvalue weighted by Gasteiger charge is -2.16. The smallest absolute Gasteiger partial charge is 0.269 e. The summed E-state index contributed by atoms with van der Waals surface area (Å²) in [4.78, 5) is 36.2. The van der Waals surface area contributed by atoms with Crippen molar-refractivity contribution in [2.45, 2.75) is 23.5 Å². The Balaban J connectivity index is 1.66. The Morgan fingerprint density at radius 1 is 1.03 bits per heavy atom. The first-order chi connectivity index (χ1) is 15.4. The third kappa shape index (κ3) is 6.09. The fourth-order valence-electron chi connectivity index (χ4n) is 2.85. The fourth-order valence-corrected chi connectivity index (χ4v) is 4.04. The van der Waals surface area contributed by atoms with E-state index in [1.165, 1.54) is 36.0 Å². The van der Waals surface area contributed by atoms with Crippen LogP contribution >= 0.6 is 23.4 Å². The minimum absolute atomic E-state index is 0.0828. The van der Waals surface area contributed by atoms with Gasteiger partial charge in [-0.25, -0.2) is 0 Å². The lowest BCUT2D eigenvalue weighted by atomic mass is 10.2. The van der Waals surface area contributed by atoms with Gasteiger partial charge in [0, 0.05) is 28.3 Å². The molecule has 0 bridgehead atoms. The van der Waals surface area contributed by atoms with E-state index in [4.69, 9.17) is 11.6 Å². The molecule has 164 valence electrons. The van der Waals surface area contributed by atoms with Gasteiger partial charge in [-0.2, -0.15) is 0 Å². The Hall–Kier alpha value is -3.36. The van der Waals surface area contributed by atoms with E-state index in [1.54, 1.807) is 42.5 Å². The summed E-state index contributed by atoms with van der Waals surface area (Å²) < 4.78 is 0. The molecule has 0 aliphatic carbocycles. The molecule has 32 heavy (non-hydrogen) atoms. The number of benzene rings is 3. The van der Waals surface area contributed by atoms with Gasteiger partial charge >= 0.3 is 0 Å². The average Bonchev–Trinajstić information content (AvgIpc) is 2.79. The summed E-state index contributed by atoms with van der Waals surface area (Å²) in [6.45, 7) is 1.92. The molecule has 0 fully saturated rings. The van der Waals surface area contributed by atoms with Gasteiger partial charge in [-0.05, 0) is 48.9 Å². The molecule has 0 saturated heterocycles. The molecule has 1 unspecified atom stereocenters. The van der Waals surface area contributed by atoms with Crippen molar-refractivity contribution in [3.8, 4) is 0 Å². The monoisotopic (exact) mass is 469 g/mol. The number of anilines is 2. The van der Waals surface area contributed by atoms with Crippen molar-refractivity contribution in [2.75, 3.05) is 10.6 Å². The van der Waals surface area contributed by atoms with Crippen LogP contribution in [0.3, 0.4) is 0 Å². The van der Waals surface area contributed by atoms with Gasteiger partial charge in [0.1, 0.15) is 0 Å². The molecule has 2 amide bonds. The van der Waals surface area contributed by atoms with Crippen molar-refractivity contribution in [1.82, 2.24) is 0 Å². The number of carbonyl (C=O) groups excluding carboxylic acids is 2. The molecule has 0 heterocycles. The summed E-state index contributed by atoms with van der Waals surface area (Å²) in [6.07, 6.45) is 0.598. The highest BCUT2D eigenvalue weighted by atomic mass is 35.5. The van der Waals surface area contributed by atoms with E-state index in [-0.39, 0.29) is 22.8 Å². The zero-order valence-electron chi connectivity index (χ0n) is 17.1. The molecule has 3 aromatic rings. The predicted octanol–water partition coefficient (Wildman–Crippen LogP) is 6.01. The fraction of sp³-hybridized carbons (Fsp3) is 0.130. The Morgan fingerprint density at radius 3 is 2.41 bits per heavy atom. The second kappa shape index (κ2) is 10.8. The zero-order valence-corrected chi connectivity index (χ0v) is 18.7. The number of hydrogen-bond donors (Lipinski definition) is 2.